The number of hydrogen-bond donors (Lipinski definition) is 0. The zero-order valence-corrected chi connectivity index (χ0v) is 20.3. The third kappa shape index (κ3) is 4.56. The van der Waals surface area contributed by atoms with Crippen LogP contribution in [0.1, 0.15) is 17.0 Å². The molecule has 0 radical (unpaired) electrons. The van der Waals surface area contributed by atoms with E-state index in [2.05, 4.69) is 11.6 Å². The van der Waals surface area contributed by atoms with E-state index in [0.717, 1.165) is 38.6 Å². The molecule has 0 amide bonds. The van der Waals surface area contributed by atoms with Crippen molar-refractivity contribution in [2.24, 2.45) is 0 Å². The summed E-state index contributed by atoms with van der Waals surface area (Å²) in [6.45, 7) is 8.28. The first kappa shape index (κ1) is 25.4. The zero-order chi connectivity index (χ0) is 23.8. The number of hydrogen-bond acceptors (Lipinski definition) is 3. The molecule has 2 aromatic carbocycles. The summed E-state index contributed by atoms with van der Waals surface area (Å²) in [5.74, 6) is -1.02. The highest BCUT2D eigenvalue weighted by Gasteiger charge is 2.27. The van der Waals surface area contributed by atoms with Crippen LogP contribution in [0.5, 0.6) is 0 Å². The molecule has 0 N–H and O–H groups in total. The van der Waals surface area contributed by atoms with Crippen LogP contribution >= 0.6 is 12.4 Å². The van der Waals surface area contributed by atoms with Crippen molar-refractivity contribution in [2.75, 3.05) is 4.31 Å². The van der Waals surface area contributed by atoms with Crippen LogP contribution in [-0.2, 0) is 23.1 Å². The zero-order valence-electron chi connectivity index (χ0n) is 18.7. The van der Waals surface area contributed by atoms with E-state index in [1.54, 1.807) is 12.3 Å². The van der Waals surface area contributed by atoms with E-state index >= 15 is 0 Å². The lowest BCUT2D eigenvalue weighted by Gasteiger charge is -2.25. The normalized spacial score (nSPS) is 11.3. The van der Waals surface area contributed by atoms with Gasteiger partial charge in [0.25, 0.3) is 10.0 Å². The summed E-state index contributed by atoms with van der Waals surface area (Å²) in [6, 6.07) is 11.7. The monoisotopic (exact) mass is 503 g/mol. The number of nitrogens with zero attached hydrogens (tertiary/aromatic N) is 3. The Morgan fingerprint density at radius 3 is 2.18 bits per heavy atom. The summed E-state index contributed by atoms with van der Waals surface area (Å²) in [4.78, 5) is 4.44. The van der Waals surface area contributed by atoms with Gasteiger partial charge in [-0.15, -0.1) is 19.0 Å². The highest BCUT2D eigenvalue weighted by molar-refractivity contribution is 7.92. The highest BCUT2D eigenvalue weighted by Crippen LogP contribution is 2.31. The quantitative estimate of drug-likeness (QED) is 0.293. The number of aryl methyl sites for hydroxylation is 1. The number of rotatable bonds is 7. The minimum Gasteiger partial charge on any atom is -0.339 e. The fraction of sp³-hybridized carbons (Fsp3) is 0.160. The van der Waals surface area contributed by atoms with E-state index in [0.29, 0.717) is 12.2 Å². The summed E-state index contributed by atoms with van der Waals surface area (Å²) in [5, 5.41) is 0.970. The average Bonchev–Trinajstić information content (AvgIpc) is 3.04. The molecule has 0 unspecified atom stereocenters. The third-order valence-electron chi connectivity index (χ3n) is 5.74. The van der Waals surface area contributed by atoms with E-state index in [9.17, 15) is 17.2 Å². The van der Waals surface area contributed by atoms with Crippen LogP contribution in [0.15, 0.2) is 78.3 Å². The van der Waals surface area contributed by atoms with Gasteiger partial charge in [-0.3, -0.25) is 9.29 Å². The molecule has 0 atom stereocenters. The molecule has 0 spiro atoms. The van der Waals surface area contributed by atoms with Gasteiger partial charge in [0.05, 0.1) is 28.3 Å². The maximum Gasteiger partial charge on any atom is 0.264 e. The molecule has 0 fully saturated rings. The fourth-order valence-electron chi connectivity index (χ4n) is 3.93. The Kier molecular flexibility index (Phi) is 7.43. The average molecular weight is 504 g/mol. The molecule has 4 aromatic rings. The van der Waals surface area contributed by atoms with E-state index in [1.165, 1.54) is 36.4 Å². The van der Waals surface area contributed by atoms with Gasteiger partial charge in [-0.25, -0.2) is 17.2 Å². The molecule has 0 saturated heterocycles. The van der Waals surface area contributed by atoms with Crippen molar-refractivity contribution < 1.29 is 17.2 Å². The van der Waals surface area contributed by atoms with Gasteiger partial charge >= 0.3 is 0 Å². The summed E-state index contributed by atoms with van der Waals surface area (Å²) in [6.07, 6.45) is 3.42. The van der Waals surface area contributed by atoms with E-state index < -0.39 is 21.7 Å². The molecule has 34 heavy (non-hydrogen) atoms. The topological polar surface area (TPSA) is 55.2 Å². The van der Waals surface area contributed by atoms with Crippen LogP contribution in [0.2, 0.25) is 0 Å². The highest BCUT2D eigenvalue weighted by atomic mass is 35.5. The number of anilines is 1. The third-order valence-corrected chi connectivity index (χ3v) is 7.53. The molecule has 2 aromatic heterocycles. The van der Waals surface area contributed by atoms with Gasteiger partial charge in [0.15, 0.2) is 0 Å². The first-order chi connectivity index (χ1) is 15.7. The van der Waals surface area contributed by atoms with Gasteiger partial charge < -0.3 is 4.57 Å². The van der Waals surface area contributed by atoms with Crippen molar-refractivity contribution >= 4 is 39.0 Å². The molecule has 0 aliphatic rings. The van der Waals surface area contributed by atoms with Crippen LogP contribution in [0, 0.1) is 25.5 Å². The van der Waals surface area contributed by atoms with Gasteiger partial charge in [-0.2, -0.15) is 0 Å². The smallest absolute Gasteiger partial charge is 0.264 e. The van der Waals surface area contributed by atoms with Gasteiger partial charge in [-0.05, 0) is 74.0 Å². The van der Waals surface area contributed by atoms with Crippen molar-refractivity contribution in [1.82, 2.24) is 9.55 Å². The molecule has 4 rings (SSSR count). The number of benzene rings is 2. The minimum absolute atomic E-state index is 0. The van der Waals surface area contributed by atoms with E-state index in [1.807, 2.05) is 24.5 Å². The molecule has 5 nitrogen and oxygen atoms in total. The van der Waals surface area contributed by atoms with E-state index in [4.69, 9.17) is 0 Å². The Morgan fingerprint density at radius 2 is 1.59 bits per heavy atom. The molecule has 2 heterocycles. The molecule has 0 aliphatic heterocycles. The first-order valence-electron chi connectivity index (χ1n) is 10.3. The lowest BCUT2D eigenvalue weighted by molar-refractivity contribution is 0.588. The Balaban J connectivity index is 0.00000324. The predicted molar refractivity (Wildman–Crippen MR) is 133 cm³/mol. The largest absolute Gasteiger partial charge is 0.339 e. The van der Waals surface area contributed by atoms with Crippen molar-refractivity contribution in [2.45, 2.75) is 31.8 Å². The summed E-state index contributed by atoms with van der Waals surface area (Å²) in [7, 11) is -4.10. The maximum absolute atomic E-state index is 13.6. The van der Waals surface area contributed by atoms with Gasteiger partial charge in [-0.1, -0.05) is 6.08 Å². The molecule has 0 aliphatic carbocycles. The predicted octanol–water partition coefficient (Wildman–Crippen LogP) is 5.93. The Bertz CT molecular complexity index is 1430. The lowest BCUT2D eigenvalue weighted by Crippen LogP contribution is -2.31. The van der Waals surface area contributed by atoms with Crippen LogP contribution < -0.4 is 4.31 Å². The number of fused-ring (bicyclic) bond motifs is 1. The molecule has 178 valence electrons. The van der Waals surface area contributed by atoms with Crippen molar-refractivity contribution in [1.29, 1.82) is 0 Å². The molecular weight excluding hydrogens is 480 g/mol. The van der Waals surface area contributed by atoms with E-state index in [-0.39, 0.29) is 29.5 Å². The number of aromatic nitrogens is 2. The summed E-state index contributed by atoms with van der Waals surface area (Å²) >= 11 is 0. The maximum atomic E-state index is 13.6. The molecular formula is C25H24ClF2N3O2S. The Hall–Kier alpha value is -3.23. The first-order valence-corrected chi connectivity index (χ1v) is 11.8. The van der Waals surface area contributed by atoms with Crippen LogP contribution in [-0.4, -0.2) is 18.0 Å². The summed E-state index contributed by atoms with van der Waals surface area (Å²) in [5.41, 5.74) is 3.74. The van der Waals surface area contributed by atoms with Crippen molar-refractivity contribution in [3.63, 3.8) is 0 Å². The molecule has 9 heteroatoms. The Morgan fingerprint density at radius 1 is 1.00 bits per heavy atom. The standard InChI is InChI=1S/C25H23F2N3O2S.ClH/c1-4-15-29-18(3)17(2)23-13-14-28-24(25(23)29)16-30(21-9-5-19(26)6-10-21)33(31,32)22-11-7-20(27)8-12-22;/h4-14H,1,15-16H2,2-3H3;1H. The number of halogens is 3. The SMILES string of the molecule is C=CCn1c(C)c(C)c2ccnc(CN(c3ccc(F)cc3)S(=O)(=O)c3ccc(F)cc3)c21.Cl. The molecule has 0 saturated carbocycles. The second kappa shape index (κ2) is 9.95. The second-order valence-corrected chi connectivity index (χ2v) is 9.57. The fourth-order valence-corrected chi connectivity index (χ4v) is 5.36. The van der Waals surface area contributed by atoms with Crippen LogP contribution in [0.4, 0.5) is 14.5 Å². The number of allylic oxidation sites excluding steroid dienone is 1. The molecule has 0 bridgehead atoms. The van der Waals surface area contributed by atoms with Gasteiger partial charge in [0, 0.05) is 23.8 Å². The lowest BCUT2D eigenvalue weighted by atomic mass is 10.1. The van der Waals surface area contributed by atoms with Crippen LogP contribution in [0.25, 0.3) is 10.9 Å². The van der Waals surface area contributed by atoms with Crippen molar-refractivity contribution in [3.8, 4) is 0 Å². The number of pyridine rings is 1. The Labute approximate surface area is 203 Å². The van der Waals surface area contributed by atoms with Crippen molar-refractivity contribution in [3.05, 3.63) is 102 Å². The number of sulfonamides is 1. The van der Waals surface area contributed by atoms with Crippen LogP contribution in [0.3, 0.4) is 0 Å². The van der Waals surface area contributed by atoms with Gasteiger partial charge in [0.1, 0.15) is 11.6 Å². The minimum atomic E-state index is -4.10. The van der Waals surface area contributed by atoms with Gasteiger partial charge in [0.2, 0.25) is 0 Å². The summed E-state index contributed by atoms with van der Waals surface area (Å²) < 4.78 is 57.5. The second-order valence-electron chi connectivity index (χ2n) is 7.71.